The minimum Gasteiger partial charge on any atom is -0.442 e. The lowest BCUT2D eigenvalue weighted by molar-refractivity contribution is 0.0605. The van der Waals surface area contributed by atoms with Crippen molar-refractivity contribution in [2.45, 2.75) is 52.6 Å². The molecule has 146 valence electrons. The molecule has 0 aliphatic carbocycles. The number of aliphatic imine (C=N–C) groups is 1. The van der Waals surface area contributed by atoms with E-state index in [4.69, 9.17) is 9.72 Å². The Bertz CT molecular complexity index is 998. The van der Waals surface area contributed by atoms with Crippen LogP contribution in [0.25, 0.3) is 16.7 Å². The molecule has 28 heavy (non-hydrogen) atoms. The highest BCUT2D eigenvalue weighted by Gasteiger charge is 2.19. The van der Waals surface area contributed by atoms with Crippen LogP contribution in [0.5, 0.6) is 0 Å². The monoisotopic (exact) mass is 377 g/mol. The zero-order valence-corrected chi connectivity index (χ0v) is 17.1. The summed E-state index contributed by atoms with van der Waals surface area (Å²) in [5.41, 5.74) is 3.75. The highest BCUT2D eigenvalue weighted by atomic mass is 16.6. The van der Waals surface area contributed by atoms with Crippen LogP contribution in [0.1, 0.15) is 51.4 Å². The summed E-state index contributed by atoms with van der Waals surface area (Å²) in [5.74, 6) is 1.03. The van der Waals surface area contributed by atoms with Crippen LogP contribution < -0.4 is 0 Å². The highest BCUT2D eigenvalue weighted by Crippen LogP contribution is 2.29. The second-order valence-corrected chi connectivity index (χ2v) is 8.01. The van der Waals surface area contributed by atoms with E-state index in [1.54, 1.807) is 6.21 Å². The number of nitrogens with zero attached hydrogens (tertiary/aromatic N) is 3. The molecule has 0 bridgehead atoms. The van der Waals surface area contributed by atoms with Gasteiger partial charge in [-0.2, -0.15) is 4.99 Å². The number of aryl methyl sites for hydroxylation is 1. The molecule has 0 saturated heterocycles. The maximum Gasteiger partial charge on any atom is 0.433 e. The first-order valence-corrected chi connectivity index (χ1v) is 9.55. The number of carbonyl (C=O) groups is 1. The molecule has 5 heteroatoms. The maximum atomic E-state index is 11.8. The van der Waals surface area contributed by atoms with Gasteiger partial charge >= 0.3 is 6.09 Å². The summed E-state index contributed by atoms with van der Waals surface area (Å²) in [7, 11) is 0. The van der Waals surface area contributed by atoms with Crippen molar-refractivity contribution in [1.29, 1.82) is 0 Å². The number of rotatable bonds is 4. The number of amides is 1. The molecule has 3 aromatic rings. The molecule has 5 nitrogen and oxygen atoms in total. The molecule has 1 heterocycles. The van der Waals surface area contributed by atoms with Crippen LogP contribution in [-0.4, -0.2) is 27.5 Å². The number of hydrogen-bond donors (Lipinski definition) is 0. The Balaban J connectivity index is 1.92. The zero-order chi connectivity index (χ0) is 20.3. The standard InChI is InChI=1S/C23H27N3O2/c1-16-10-9-13-19-20(16)25-21(26(19)18-11-7-6-8-12-18)17(2)14-15-24-22(27)28-23(3,4)5/h6-13,15,17H,14H2,1-5H3. The summed E-state index contributed by atoms with van der Waals surface area (Å²) < 4.78 is 7.41. The first kappa shape index (κ1) is 19.8. The van der Waals surface area contributed by atoms with Crippen LogP contribution in [0, 0.1) is 6.92 Å². The van der Waals surface area contributed by atoms with Crippen molar-refractivity contribution in [2.75, 3.05) is 0 Å². The van der Waals surface area contributed by atoms with Crippen molar-refractivity contribution >= 4 is 23.3 Å². The summed E-state index contributed by atoms with van der Waals surface area (Å²) in [6.45, 7) is 9.65. The van der Waals surface area contributed by atoms with Crippen LogP contribution in [0.3, 0.4) is 0 Å². The van der Waals surface area contributed by atoms with Gasteiger partial charge in [-0.3, -0.25) is 4.57 Å². The van der Waals surface area contributed by atoms with Crippen molar-refractivity contribution < 1.29 is 9.53 Å². The number of aromatic nitrogens is 2. The van der Waals surface area contributed by atoms with Gasteiger partial charge in [0.25, 0.3) is 0 Å². The molecule has 1 atom stereocenters. The number of hydrogen-bond acceptors (Lipinski definition) is 3. The Labute approximate surface area is 166 Å². The van der Waals surface area contributed by atoms with E-state index >= 15 is 0 Å². The summed E-state index contributed by atoms with van der Waals surface area (Å²) in [6.07, 6.45) is 1.65. The van der Waals surface area contributed by atoms with Gasteiger partial charge in [-0.25, -0.2) is 9.78 Å². The fourth-order valence-corrected chi connectivity index (χ4v) is 3.12. The van der Waals surface area contributed by atoms with Gasteiger partial charge in [0.15, 0.2) is 0 Å². The van der Waals surface area contributed by atoms with Crippen molar-refractivity contribution in [3.8, 4) is 5.69 Å². The quantitative estimate of drug-likeness (QED) is 0.537. The minimum atomic E-state index is -0.563. The molecule has 0 N–H and O–H groups in total. The molecule has 0 aliphatic heterocycles. The van der Waals surface area contributed by atoms with E-state index in [1.165, 1.54) is 0 Å². The third-order valence-corrected chi connectivity index (χ3v) is 4.42. The first-order chi connectivity index (χ1) is 13.3. The van der Waals surface area contributed by atoms with Gasteiger partial charge in [-0.1, -0.05) is 37.3 Å². The van der Waals surface area contributed by atoms with Crippen molar-refractivity contribution in [1.82, 2.24) is 9.55 Å². The number of para-hydroxylation sites is 2. The summed E-state index contributed by atoms with van der Waals surface area (Å²) >= 11 is 0. The minimum absolute atomic E-state index is 0.0817. The van der Waals surface area contributed by atoms with E-state index in [2.05, 4.69) is 53.7 Å². The zero-order valence-electron chi connectivity index (χ0n) is 17.1. The van der Waals surface area contributed by atoms with Crippen LogP contribution in [0.4, 0.5) is 4.79 Å². The molecule has 0 radical (unpaired) electrons. The number of benzene rings is 2. The van der Waals surface area contributed by atoms with Crippen LogP contribution in [0.15, 0.2) is 53.5 Å². The lowest BCUT2D eigenvalue weighted by Crippen LogP contribution is -2.21. The van der Waals surface area contributed by atoms with E-state index in [-0.39, 0.29) is 5.92 Å². The SMILES string of the molecule is Cc1cccc2c1nc(C(C)CC=NC(=O)OC(C)(C)C)n2-c1ccccc1. The fourth-order valence-electron chi connectivity index (χ4n) is 3.12. The van der Waals surface area contributed by atoms with Crippen molar-refractivity contribution in [3.05, 3.63) is 59.9 Å². The normalized spacial score (nSPS) is 13.2. The first-order valence-electron chi connectivity index (χ1n) is 9.55. The molecular formula is C23H27N3O2. The van der Waals surface area contributed by atoms with E-state index < -0.39 is 11.7 Å². The third-order valence-electron chi connectivity index (χ3n) is 4.42. The Hall–Kier alpha value is -2.95. The maximum absolute atomic E-state index is 11.8. The Morgan fingerprint density at radius 2 is 1.89 bits per heavy atom. The van der Waals surface area contributed by atoms with Gasteiger partial charge < -0.3 is 4.74 Å². The predicted molar refractivity (Wildman–Crippen MR) is 114 cm³/mol. The summed E-state index contributed by atoms with van der Waals surface area (Å²) in [6, 6.07) is 16.4. The van der Waals surface area contributed by atoms with Gasteiger partial charge in [0, 0.05) is 17.8 Å². The van der Waals surface area contributed by atoms with Crippen molar-refractivity contribution in [3.63, 3.8) is 0 Å². The molecule has 1 unspecified atom stereocenters. The molecule has 0 spiro atoms. The molecule has 2 aromatic carbocycles. The molecule has 0 aliphatic rings. The van der Waals surface area contributed by atoms with E-state index in [1.807, 2.05) is 39.0 Å². The third kappa shape index (κ3) is 4.47. The molecule has 3 rings (SSSR count). The van der Waals surface area contributed by atoms with Gasteiger partial charge in [0.2, 0.25) is 0 Å². The lowest BCUT2D eigenvalue weighted by Gasteiger charge is -2.17. The fraction of sp³-hybridized carbons (Fsp3) is 0.348. The highest BCUT2D eigenvalue weighted by molar-refractivity contribution is 5.82. The second kappa shape index (κ2) is 7.97. The van der Waals surface area contributed by atoms with E-state index in [0.717, 1.165) is 28.1 Å². The van der Waals surface area contributed by atoms with Gasteiger partial charge in [0.05, 0.1) is 11.0 Å². The molecule has 1 aromatic heterocycles. The van der Waals surface area contributed by atoms with Crippen molar-refractivity contribution in [2.24, 2.45) is 4.99 Å². The molecule has 0 fully saturated rings. The lowest BCUT2D eigenvalue weighted by atomic mass is 10.1. The largest absolute Gasteiger partial charge is 0.442 e. The second-order valence-electron chi connectivity index (χ2n) is 8.01. The van der Waals surface area contributed by atoms with Crippen LogP contribution in [-0.2, 0) is 4.74 Å². The average molecular weight is 377 g/mol. The van der Waals surface area contributed by atoms with Crippen LogP contribution in [0.2, 0.25) is 0 Å². The smallest absolute Gasteiger partial charge is 0.433 e. The average Bonchev–Trinajstić information content (AvgIpc) is 3.02. The topological polar surface area (TPSA) is 56.5 Å². The van der Waals surface area contributed by atoms with E-state index in [9.17, 15) is 4.79 Å². The predicted octanol–water partition coefficient (Wildman–Crippen LogP) is 5.83. The summed E-state index contributed by atoms with van der Waals surface area (Å²) in [4.78, 5) is 20.7. The number of fused-ring (bicyclic) bond motifs is 1. The Morgan fingerprint density at radius 1 is 1.18 bits per heavy atom. The molecule has 1 amide bonds. The van der Waals surface area contributed by atoms with Gasteiger partial charge in [-0.05, 0) is 57.9 Å². The number of carbonyl (C=O) groups excluding carboxylic acids is 1. The van der Waals surface area contributed by atoms with Crippen LogP contribution >= 0.6 is 0 Å². The Morgan fingerprint density at radius 3 is 2.57 bits per heavy atom. The molecule has 0 saturated carbocycles. The van der Waals surface area contributed by atoms with Gasteiger partial charge in [0.1, 0.15) is 11.4 Å². The number of imidazole rings is 1. The Kier molecular flexibility index (Phi) is 5.63. The summed E-state index contributed by atoms with van der Waals surface area (Å²) in [5, 5.41) is 0. The van der Waals surface area contributed by atoms with E-state index in [0.29, 0.717) is 6.42 Å². The molecular weight excluding hydrogens is 350 g/mol. The van der Waals surface area contributed by atoms with Gasteiger partial charge in [-0.15, -0.1) is 0 Å². The number of ether oxygens (including phenoxy) is 1.